The maximum absolute atomic E-state index is 12.7. The third-order valence-electron chi connectivity index (χ3n) is 3.43. The van der Waals surface area contributed by atoms with Gasteiger partial charge in [0.15, 0.2) is 5.78 Å². The predicted octanol–water partition coefficient (Wildman–Crippen LogP) is 4.20. The Kier molecular flexibility index (Phi) is 6.18. The van der Waals surface area contributed by atoms with E-state index in [0.717, 1.165) is 11.3 Å². The Morgan fingerprint density at radius 3 is 2.48 bits per heavy atom. The van der Waals surface area contributed by atoms with Gasteiger partial charge in [-0.25, -0.2) is 0 Å². The van der Waals surface area contributed by atoms with Crippen molar-refractivity contribution in [3.63, 3.8) is 0 Å². The SMILES string of the molecule is CN(C)C[C@](C)(I)C(=O)c1cccc(OCc2ccccc2)c1. The Morgan fingerprint density at radius 1 is 1.13 bits per heavy atom. The molecule has 0 aliphatic carbocycles. The van der Waals surface area contributed by atoms with E-state index in [9.17, 15) is 4.79 Å². The van der Waals surface area contributed by atoms with E-state index in [2.05, 4.69) is 22.6 Å². The molecule has 0 bridgehead atoms. The Morgan fingerprint density at radius 2 is 1.83 bits per heavy atom. The zero-order valence-corrected chi connectivity index (χ0v) is 15.9. The number of halogens is 1. The minimum atomic E-state index is -0.459. The van der Waals surface area contributed by atoms with Crippen LogP contribution in [0, 0.1) is 0 Å². The summed E-state index contributed by atoms with van der Waals surface area (Å²) in [6, 6.07) is 17.4. The van der Waals surface area contributed by atoms with E-state index in [4.69, 9.17) is 4.74 Å². The van der Waals surface area contributed by atoms with E-state index in [1.807, 2.05) is 80.5 Å². The summed E-state index contributed by atoms with van der Waals surface area (Å²) in [6.45, 7) is 3.16. The third kappa shape index (κ3) is 5.32. The Bertz CT molecular complexity index is 653. The maximum atomic E-state index is 12.7. The number of carbonyl (C=O) groups excluding carboxylic acids is 1. The van der Waals surface area contributed by atoms with Crippen LogP contribution < -0.4 is 4.74 Å². The van der Waals surface area contributed by atoms with Gasteiger partial charge in [0, 0.05) is 12.1 Å². The van der Waals surface area contributed by atoms with E-state index in [1.165, 1.54) is 0 Å². The molecular weight excluding hydrogens is 401 g/mol. The van der Waals surface area contributed by atoms with Crippen LogP contribution in [0.3, 0.4) is 0 Å². The molecule has 122 valence electrons. The van der Waals surface area contributed by atoms with E-state index in [-0.39, 0.29) is 5.78 Å². The number of ether oxygens (including phenoxy) is 1. The molecule has 1 atom stereocenters. The predicted molar refractivity (Wildman–Crippen MR) is 103 cm³/mol. The average molecular weight is 423 g/mol. The Balaban J connectivity index is 2.08. The normalized spacial score (nSPS) is 13.6. The maximum Gasteiger partial charge on any atom is 0.179 e. The lowest BCUT2D eigenvalue weighted by Gasteiger charge is -2.25. The largest absolute Gasteiger partial charge is 0.489 e. The molecule has 0 amide bonds. The first-order chi connectivity index (χ1) is 10.9. The molecule has 2 aromatic carbocycles. The first kappa shape index (κ1) is 17.9. The lowest BCUT2D eigenvalue weighted by atomic mass is 9.98. The first-order valence-electron chi connectivity index (χ1n) is 7.54. The van der Waals surface area contributed by atoms with Gasteiger partial charge in [-0.05, 0) is 38.7 Å². The van der Waals surface area contributed by atoms with Crippen molar-refractivity contribution in [1.29, 1.82) is 0 Å². The molecule has 0 saturated heterocycles. The summed E-state index contributed by atoms with van der Waals surface area (Å²) in [5.41, 5.74) is 1.80. The fourth-order valence-corrected chi connectivity index (χ4v) is 3.43. The van der Waals surface area contributed by atoms with E-state index < -0.39 is 3.42 Å². The number of Topliss-reactive ketones (excluding diaryl/α,β-unsaturated/α-hetero) is 1. The van der Waals surface area contributed by atoms with E-state index >= 15 is 0 Å². The van der Waals surface area contributed by atoms with Crippen LogP contribution in [-0.2, 0) is 6.61 Å². The van der Waals surface area contributed by atoms with Crippen molar-refractivity contribution in [3.8, 4) is 5.75 Å². The summed E-state index contributed by atoms with van der Waals surface area (Å²) in [5.74, 6) is 0.841. The molecule has 0 radical (unpaired) electrons. The highest BCUT2D eigenvalue weighted by molar-refractivity contribution is 14.1. The highest BCUT2D eigenvalue weighted by atomic mass is 127. The van der Waals surface area contributed by atoms with E-state index in [1.54, 1.807) is 0 Å². The number of rotatable bonds is 7. The molecule has 2 aromatic rings. The van der Waals surface area contributed by atoms with Gasteiger partial charge in [-0.1, -0.05) is 65.1 Å². The number of ketones is 1. The highest BCUT2D eigenvalue weighted by Gasteiger charge is 2.31. The summed E-state index contributed by atoms with van der Waals surface area (Å²) in [5, 5.41) is 0. The quantitative estimate of drug-likeness (QED) is 0.380. The van der Waals surface area contributed by atoms with Crippen LogP contribution in [0.2, 0.25) is 0 Å². The molecule has 23 heavy (non-hydrogen) atoms. The molecule has 0 aliphatic rings. The lowest BCUT2D eigenvalue weighted by molar-refractivity contribution is 0.0943. The van der Waals surface area contributed by atoms with Gasteiger partial charge in [0.05, 0.1) is 3.42 Å². The zero-order chi connectivity index (χ0) is 16.9. The number of alkyl halides is 1. The smallest absolute Gasteiger partial charge is 0.179 e. The number of nitrogens with zero attached hydrogens (tertiary/aromatic N) is 1. The van der Waals surface area contributed by atoms with Crippen molar-refractivity contribution in [2.75, 3.05) is 20.6 Å². The molecule has 0 aromatic heterocycles. The van der Waals surface area contributed by atoms with Crippen LogP contribution in [0.5, 0.6) is 5.75 Å². The number of hydrogen-bond acceptors (Lipinski definition) is 3. The fourth-order valence-electron chi connectivity index (χ4n) is 2.43. The molecule has 0 unspecified atom stereocenters. The summed E-state index contributed by atoms with van der Waals surface area (Å²) < 4.78 is 5.35. The van der Waals surface area contributed by atoms with Crippen molar-refractivity contribution >= 4 is 28.4 Å². The van der Waals surface area contributed by atoms with Crippen molar-refractivity contribution in [3.05, 3.63) is 65.7 Å². The topological polar surface area (TPSA) is 29.5 Å². The summed E-state index contributed by atoms with van der Waals surface area (Å²) in [7, 11) is 3.95. The standard InChI is InChI=1S/C19H22INO2/c1-19(20,14-21(2)3)18(22)16-10-7-11-17(12-16)23-13-15-8-5-4-6-9-15/h4-12H,13-14H2,1-3H3/t19-/m0/s1. The number of benzene rings is 2. The molecule has 3 nitrogen and oxygen atoms in total. The molecule has 0 fully saturated rings. The first-order valence-corrected chi connectivity index (χ1v) is 8.61. The molecule has 0 N–H and O–H groups in total. The average Bonchev–Trinajstić information content (AvgIpc) is 2.52. The monoisotopic (exact) mass is 423 g/mol. The third-order valence-corrected chi connectivity index (χ3v) is 4.26. The minimum Gasteiger partial charge on any atom is -0.489 e. The molecule has 0 spiro atoms. The summed E-state index contributed by atoms with van der Waals surface area (Å²) >= 11 is 2.23. The van der Waals surface area contributed by atoms with Gasteiger partial charge >= 0.3 is 0 Å². The van der Waals surface area contributed by atoms with E-state index in [0.29, 0.717) is 18.7 Å². The molecule has 0 saturated carbocycles. The van der Waals surface area contributed by atoms with Crippen LogP contribution >= 0.6 is 22.6 Å². The highest BCUT2D eigenvalue weighted by Crippen LogP contribution is 2.26. The Hall–Kier alpha value is -1.40. The molecule has 4 heteroatoms. The second kappa shape index (κ2) is 7.93. The molecule has 0 aliphatic heterocycles. The molecule has 0 heterocycles. The van der Waals surface area contributed by atoms with Crippen molar-refractivity contribution in [1.82, 2.24) is 4.90 Å². The van der Waals surface area contributed by atoms with Gasteiger partial charge in [-0.15, -0.1) is 0 Å². The van der Waals surface area contributed by atoms with Gasteiger partial charge in [0.25, 0.3) is 0 Å². The zero-order valence-electron chi connectivity index (χ0n) is 13.8. The van der Waals surface area contributed by atoms with Gasteiger partial charge in [-0.2, -0.15) is 0 Å². The van der Waals surface area contributed by atoms with Gasteiger partial charge in [0.2, 0.25) is 0 Å². The van der Waals surface area contributed by atoms with Crippen molar-refractivity contribution in [2.24, 2.45) is 0 Å². The van der Waals surface area contributed by atoms with Gasteiger partial charge < -0.3 is 9.64 Å². The van der Waals surface area contributed by atoms with Gasteiger partial charge in [0.1, 0.15) is 12.4 Å². The van der Waals surface area contributed by atoms with Crippen LogP contribution in [0.15, 0.2) is 54.6 Å². The van der Waals surface area contributed by atoms with Crippen LogP contribution in [0.25, 0.3) is 0 Å². The summed E-state index contributed by atoms with van der Waals surface area (Å²) in [4.78, 5) is 14.8. The lowest BCUT2D eigenvalue weighted by Crippen LogP contribution is -2.39. The second-order valence-electron chi connectivity index (χ2n) is 6.07. The number of carbonyl (C=O) groups is 1. The van der Waals surface area contributed by atoms with Crippen LogP contribution in [-0.4, -0.2) is 34.7 Å². The fraction of sp³-hybridized carbons (Fsp3) is 0.316. The van der Waals surface area contributed by atoms with Crippen LogP contribution in [0.1, 0.15) is 22.8 Å². The number of hydrogen-bond donors (Lipinski definition) is 0. The van der Waals surface area contributed by atoms with Crippen molar-refractivity contribution in [2.45, 2.75) is 17.0 Å². The van der Waals surface area contributed by atoms with Crippen LogP contribution in [0.4, 0.5) is 0 Å². The van der Waals surface area contributed by atoms with Crippen molar-refractivity contribution < 1.29 is 9.53 Å². The summed E-state index contributed by atoms with van der Waals surface area (Å²) in [6.07, 6.45) is 0. The second-order valence-corrected chi connectivity index (χ2v) is 8.45. The molecule has 2 rings (SSSR count). The van der Waals surface area contributed by atoms with Gasteiger partial charge in [-0.3, -0.25) is 4.79 Å². The Labute approximate surface area is 151 Å². The molecular formula is C19H22INO2. The minimum absolute atomic E-state index is 0.122.